The average Bonchev–Trinajstić information content (AvgIpc) is 3.64. The zero-order chi connectivity index (χ0) is 31.9. The molecule has 3 aromatic carbocycles. The van der Waals surface area contributed by atoms with E-state index in [0.717, 1.165) is 38.5 Å². The molecule has 5 rings (SSSR count). The molecule has 0 aliphatic rings. The summed E-state index contributed by atoms with van der Waals surface area (Å²) in [6.07, 6.45) is 3.79. The molecule has 0 aliphatic carbocycles. The fraction of sp³-hybridized carbons (Fsp3) is 0.235. The molecule has 0 bridgehead atoms. The van der Waals surface area contributed by atoms with Crippen LogP contribution in [0.15, 0.2) is 91.3 Å². The summed E-state index contributed by atoms with van der Waals surface area (Å²) in [6, 6.07) is 19.8. The highest BCUT2D eigenvalue weighted by molar-refractivity contribution is 5.95. The maximum Gasteiger partial charge on any atom is 0.326 e. The Labute approximate surface area is 259 Å². The van der Waals surface area contributed by atoms with Gasteiger partial charge in [-0.25, -0.2) is 4.79 Å². The Morgan fingerprint density at radius 1 is 0.644 bits per heavy atom. The lowest BCUT2D eigenvalue weighted by atomic mass is 10.0. The van der Waals surface area contributed by atoms with Gasteiger partial charge in [0.25, 0.3) is 0 Å². The molecule has 0 aliphatic heterocycles. The molecule has 0 radical (unpaired) electrons. The molecule has 11 heteroatoms. The zero-order valence-corrected chi connectivity index (χ0v) is 24.7. The number of carboxylic acids is 1. The number of amides is 3. The van der Waals surface area contributed by atoms with E-state index in [2.05, 4.69) is 25.9 Å². The van der Waals surface area contributed by atoms with Crippen LogP contribution in [-0.2, 0) is 38.4 Å². The number of carbonyl (C=O) groups excluding carboxylic acids is 3. The van der Waals surface area contributed by atoms with Gasteiger partial charge in [-0.1, -0.05) is 66.7 Å². The Morgan fingerprint density at radius 3 is 1.58 bits per heavy atom. The van der Waals surface area contributed by atoms with E-state index in [1.165, 1.54) is 6.92 Å². The molecule has 11 nitrogen and oxygen atoms in total. The van der Waals surface area contributed by atoms with E-state index < -0.39 is 47.9 Å². The minimum Gasteiger partial charge on any atom is -0.480 e. The fourth-order valence-corrected chi connectivity index (χ4v) is 5.36. The van der Waals surface area contributed by atoms with E-state index in [4.69, 9.17) is 5.73 Å². The van der Waals surface area contributed by atoms with Crippen molar-refractivity contribution in [3.8, 4) is 0 Å². The number of aromatic nitrogens is 2. The summed E-state index contributed by atoms with van der Waals surface area (Å²) in [6.45, 7) is 1.52. The minimum absolute atomic E-state index is 0.0588. The first-order valence-electron chi connectivity index (χ1n) is 14.7. The molecule has 4 atom stereocenters. The lowest BCUT2D eigenvalue weighted by Crippen LogP contribution is -2.58. The van der Waals surface area contributed by atoms with Gasteiger partial charge in [-0.2, -0.15) is 0 Å². The first kappa shape index (κ1) is 31.0. The van der Waals surface area contributed by atoms with Gasteiger partial charge < -0.3 is 36.8 Å². The molecule has 4 unspecified atom stereocenters. The number of hydrogen-bond acceptors (Lipinski definition) is 5. The highest BCUT2D eigenvalue weighted by atomic mass is 16.4. The van der Waals surface area contributed by atoms with Gasteiger partial charge in [0, 0.05) is 53.5 Å². The van der Waals surface area contributed by atoms with Gasteiger partial charge in [-0.15, -0.1) is 0 Å². The SMILES string of the molecule is CC(N)C(=O)NC(Cc1c[nH]c2ccccc12)C(=O)NC(Cc1c[nH]c2ccccc12)C(=O)NC(Cc1ccccc1)C(=O)O. The molecule has 232 valence electrons. The van der Waals surface area contributed by atoms with Gasteiger partial charge in [0.1, 0.15) is 18.1 Å². The quantitative estimate of drug-likeness (QED) is 0.108. The van der Waals surface area contributed by atoms with Gasteiger partial charge in [0.2, 0.25) is 17.7 Å². The van der Waals surface area contributed by atoms with Gasteiger partial charge in [-0.3, -0.25) is 14.4 Å². The van der Waals surface area contributed by atoms with E-state index in [1.54, 1.807) is 36.7 Å². The number of fused-ring (bicyclic) bond motifs is 2. The van der Waals surface area contributed by atoms with Gasteiger partial charge in [-0.05, 0) is 35.7 Å². The zero-order valence-electron chi connectivity index (χ0n) is 24.7. The summed E-state index contributed by atoms with van der Waals surface area (Å²) in [5.74, 6) is -3.00. The van der Waals surface area contributed by atoms with Crippen molar-refractivity contribution in [2.45, 2.75) is 50.4 Å². The molecular formula is C34H36N6O5. The van der Waals surface area contributed by atoms with Gasteiger partial charge in [0.05, 0.1) is 6.04 Å². The third kappa shape index (κ3) is 7.57. The number of benzene rings is 3. The molecule has 5 aromatic rings. The van der Waals surface area contributed by atoms with E-state index in [-0.39, 0.29) is 19.3 Å². The Kier molecular flexibility index (Phi) is 9.59. The number of nitrogens with two attached hydrogens (primary N) is 1. The largest absolute Gasteiger partial charge is 0.480 e. The van der Waals surface area contributed by atoms with Crippen LogP contribution < -0.4 is 21.7 Å². The fourth-order valence-electron chi connectivity index (χ4n) is 5.36. The molecule has 45 heavy (non-hydrogen) atoms. The summed E-state index contributed by atoms with van der Waals surface area (Å²) in [7, 11) is 0. The van der Waals surface area contributed by atoms with Crippen molar-refractivity contribution in [3.05, 3.63) is 108 Å². The minimum atomic E-state index is -1.23. The smallest absolute Gasteiger partial charge is 0.326 e. The number of carboxylic acid groups (broad SMARTS) is 1. The summed E-state index contributed by atoms with van der Waals surface area (Å²) in [5, 5.41) is 19.9. The third-order valence-electron chi connectivity index (χ3n) is 7.77. The van der Waals surface area contributed by atoms with Crippen molar-refractivity contribution in [1.29, 1.82) is 0 Å². The highest BCUT2D eigenvalue weighted by Gasteiger charge is 2.31. The number of para-hydroxylation sites is 2. The van der Waals surface area contributed by atoms with Crippen LogP contribution >= 0.6 is 0 Å². The molecule has 0 fully saturated rings. The molecule has 2 aromatic heterocycles. The van der Waals surface area contributed by atoms with Crippen molar-refractivity contribution in [3.63, 3.8) is 0 Å². The first-order valence-corrected chi connectivity index (χ1v) is 14.7. The van der Waals surface area contributed by atoms with Gasteiger partial charge >= 0.3 is 5.97 Å². The lowest BCUT2D eigenvalue weighted by molar-refractivity contribution is -0.142. The molecule has 0 saturated carbocycles. The molecule has 8 N–H and O–H groups in total. The van der Waals surface area contributed by atoms with E-state index in [0.29, 0.717) is 0 Å². The Hall–Kier alpha value is -5.42. The van der Waals surface area contributed by atoms with Crippen LogP contribution in [-0.4, -0.2) is 62.9 Å². The van der Waals surface area contributed by atoms with Crippen molar-refractivity contribution in [1.82, 2.24) is 25.9 Å². The van der Waals surface area contributed by atoms with Crippen molar-refractivity contribution in [2.24, 2.45) is 5.73 Å². The topological polar surface area (TPSA) is 182 Å². The second kappa shape index (κ2) is 13.9. The van der Waals surface area contributed by atoms with Crippen LogP contribution in [0.4, 0.5) is 0 Å². The predicted molar refractivity (Wildman–Crippen MR) is 171 cm³/mol. The Morgan fingerprint density at radius 2 is 1.09 bits per heavy atom. The summed E-state index contributed by atoms with van der Waals surface area (Å²) in [4.78, 5) is 58.9. The van der Waals surface area contributed by atoms with Crippen LogP contribution in [0.5, 0.6) is 0 Å². The second-order valence-electron chi connectivity index (χ2n) is 11.1. The molecule has 0 spiro atoms. The monoisotopic (exact) mass is 608 g/mol. The molecule has 2 heterocycles. The molecular weight excluding hydrogens is 572 g/mol. The highest BCUT2D eigenvalue weighted by Crippen LogP contribution is 2.21. The summed E-state index contributed by atoms with van der Waals surface area (Å²) >= 11 is 0. The number of aromatic amines is 2. The van der Waals surface area contributed by atoms with Gasteiger partial charge in [0.15, 0.2) is 0 Å². The second-order valence-corrected chi connectivity index (χ2v) is 11.1. The number of aliphatic carboxylic acids is 1. The average molecular weight is 609 g/mol. The number of hydrogen-bond donors (Lipinski definition) is 7. The predicted octanol–water partition coefficient (Wildman–Crippen LogP) is 2.56. The molecule has 0 saturated heterocycles. The van der Waals surface area contributed by atoms with Crippen LogP contribution in [0.2, 0.25) is 0 Å². The van der Waals surface area contributed by atoms with Crippen molar-refractivity contribution < 1.29 is 24.3 Å². The maximum absolute atomic E-state index is 13.9. The number of rotatable bonds is 13. The normalized spacial score (nSPS) is 13.9. The third-order valence-corrected chi connectivity index (χ3v) is 7.77. The number of H-pyrrole nitrogens is 2. The number of carbonyl (C=O) groups is 4. The van der Waals surface area contributed by atoms with Crippen LogP contribution in [0, 0.1) is 0 Å². The van der Waals surface area contributed by atoms with Crippen LogP contribution in [0.25, 0.3) is 21.8 Å². The first-order chi connectivity index (χ1) is 21.7. The van der Waals surface area contributed by atoms with Crippen LogP contribution in [0.1, 0.15) is 23.6 Å². The van der Waals surface area contributed by atoms with E-state index in [9.17, 15) is 24.3 Å². The lowest BCUT2D eigenvalue weighted by Gasteiger charge is -2.25. The summed E-state index contributed by atoms with van der Waals surface area (Å²) < 4.78 is 0. The summed E-state index contributed by atoms with van der Waals surface area (Å²) in [5.41, 5.74) is 9.83. The molecule has 3 amide bonds. The van der Waals surface area contributed by atoms with Crippen molar-refractivity contribution >= 4 is 45.5 Å². The standard InChI is InChI=1S/C34H36N6O5/c1-20(35)31(41)38-28(16-22-18-36-26-13-7-5-11-24(22)26)32(42)39-29(17-23-19-37-27-14-8-6-12-25(23)27)33(43)40-30(34(44)45)15-21-9-3-2-4-10-21/h2-14,18-20,28-30,36-37H,15-17,35H2,1H3,(H,38,41)(H,39,42)(H,40,43)(H,44,45). The number of nitrogens with one attached hydrogen (secondary N) is 5. The maximum atomic E-state index is 13.9. The van der Waals surface area contributed by atoms with E-state index >= 15 is 0 Å². The van der Waals surface area contributed by atoms with Crippen LogP contribution in [0.3, 0.4) is 0 Å². The Bertz CT molecular complexity index is 1810. The Balaban J connectivity index is 1.43. The van der Waals surface area contributed by atoms with Crippen molar-refractivity contribution in [2.75, 3.05) is 0 Å². The van der Waals surface area contributed by atoms with E-state index in [1.807, 2.05) is 54.6 Å².